The molecule has 0 bridgehead atoms. The zero-order chi connectivity index (χ0) is 16.2. The average molecular weight is 312 g/mol. The zero-order valence-corrected chi connectivity index (χ0v) is 12.6. The molecule has 7 nitrogen and oxygen atoms in total. The summed E-state index contributed by atoms with van der Waals surface area (Å²) >= 11 is 0. The van der Waals surface area contributed by atoms with Gasteiger partial charge in [-0.1, -0.05) is 12.1 Å². The molecule has 1 saturated carbocycles. The van der Waals surface area contributed by atoms with Crippen molar-refractivity contribution in [2.75, 3.05) is 10.6 Å². The Labute approximate surface area is 133 Å². The molecule has 0 saturated heterocycles. The summed E-state index contributed by atoms with van der Waals surface area (Å²) in [5.74, 6) is 0.144. The molecule has 3 rings (SSSR count). The minimum absolute atomic E-state index is 0.244. The summed E-state index contributed by atoms with van der Waals surface area (Å²) in [7, 11) is 0. The van der Waals surface area contributed by atoms with Crippen LogP contribution < -0.4 is 15.4 Å². The summed E-state index contributed by atoms with van der Waals surface area (Å²) in [4.78, 5) is 23.5. The van der Waals surface area contributed by atoms with Gasteiger partial charge in [-0.2, -0.15) is 0 Å². The number of hydrogen-bond donors (Lipinski definition) is 2. The Bertz CT molecular complexity index is 726. The highest BCUT2D eigenvalue weighted by Gasteiger charge is 2.24. The Hall–Kier alpha value is -2.96. The molecule has 7 heteroatoms. The molecule has 1 aromatic carbocycles. The van der Waals surface area contributed by atoms with Crippen LogP contribution in [0.2, 0.25) is 0 Å². The molecule has 0 aliphatic heterocycles. The standard InChI is InChI=1S/C16H16N4O3/c1-10(21)17-13-5-3-2-4-12(13)16(22)18-14-8-9-15(20-19-14)23-11-6-7-11/h2-5,8-9,11H,6-7H2,1H3,(H,17,21)(H,18,19,22). The minimum Gasteiger partial charge on any atom is -0.473 e. The maximum atomic E-state index is 12.3. The summed E-state index contributed by atoms with van der Waals surface area (Å²) < 4.78 is 5.50. The second-order valence-corrected chi connectivity index (χ2v) is 5.25. The van der Waals surface area contributed by atoms with Crippen LogP contribution in [0.25, 0.3) is 0 Å². The molecule has 2 N–H and O–H groups in total. The molecule has 0 radical (unpaired) electrons. The smallest absolute Gasteiger partial charge is 0.258 e. The van der Waals surface area contributed by atoms with Crippen molar-refractivity contribution in [3.63, 3.8) is 0 Å². The van der Waals surface area contributed by atoms with Gasteiger partial charge in [0, 0.05) is 13.0 Å². The maximum Gasteiger partial charge on any atom is 0.258 e. The van der Waals surface area contributed by atoms with E-state index in [1.165, 1.54) is 6.92 Å². The number of para-hydroxylation sites is 1. The van der Waals surface area contributed by atoms with Gasteiger partial charge in [0.25, 0.3) is 5.91 Å². The fourth-order valence-corrected chi connectivity index (χ4v) is 1.97. The number of rotatable bonds is 5. The molecule has 1 aliphatic carbocycles. The van der Waals surface area contributed by atoms with Crippen LogP contribution in [-0.2, 0) is 4.79 Å². The van der Waals surface area contributed by atoms with Gasteiger partial charge in [0.2, 0.25) is 11.8 Å². The maximum absolute atomic E-state index is 12.3. The monoisotopic (exact) mass is 312 g/mol. The van der Waals surface area contributed by atoms with Gasteiger partial charge in [0.1, 0.15) is 6.10 Å². The highest BCUT2D eigenvalue weighted by molar-refractivity contribution is 6.09. The first-order chi connectivity index (χ1) is 11.1. The van der Waals surface area contributed by atoms with E-state index in [0.717, 1.165) is 12.8 Å². The number of carbonyl (C=O) groups is 2. The van der Waals surface area contributed by atoms with Gasteiger partial charge in [0.15, 0.2) is 5.82 Å². The third kappa shape index (κ3) is 4.03. The Morgan fingerprint density at radius 3 is 2.52 bits per heavy atom. The van der Waals surface area contributed by atoms with E-state index in [1.807, 2.05) is 0 Å². The number of amides is 2. The van der Waals surface area contributed by atoms with E-state index in [2.05, 4.69) is 20.8 Å². The number of nitrogens with zero attached hydrogens (tertiary/aromatic N) is 2. The molecular formula is C16H16N4O3. The normalized spacial score (nSPS) is 13.3. The number of nitrogens with one attached hydrogen (secondary N) is 2. The Balaban J connectivity index is 1.69. The van der Waals surface area contributed by atoms with Crippen LogP contribution in [0, 0.1) is 0 Å². The van der Waals surface area contributed by atoms with Crippen LogP contribution in [0.1, 0.15) is 30.1 Å². The Morgan fingerprint density at radius 1 is 1.09 bits per heavy atom. The number of anilines is 2. The number of benzene rings is 1. The van der Waals surface area contributed by atoms with Crippen molar-refractivity contribution >= 4 is 23.3 Å². The summed E-state index contributed by atoms with van der Waals surface area (Å²) in [5.41, 5.74) is 0.793. The average Bonchev–Trinajstić information content (AvgIpc) is 3.33. The van der Waals surface area contributed by atoms with Crippen LogP contribution in [-0.4, -0.2) is 28.1 Å². The van der Waals surface area contributed by atoms with Gasteiger partial charge in [0.05, 0.1) is 11.3 Å². The predicted molar refractivity (Wildman–Crippen MR) is 84.4 cm³/mol. The topological polar surface area (TPSA) is 93.2 Å². The first-order valence-corrected chi connectivity index (χ1v) is 7.30. The third-order valence-electron chi connectivity index (χ3n) is 3.18. The van der Waals surface area contributed by atoms with E-state index in [-0.39, 0.29) is 17.9 Å². The van der Waals surface area contributed by atoms with Crippen molar-refractivity contribution in [2.24, 2.45) is 0 Å². The number of carbonyl (C=O) groups excluding carboxylic acids is 2. The molecular weight excluding hydrogens is 296 g/mol. The van der Waals surface area contributed by atoms with Crippen LogP contribution in [0.5, 0.6) is 5.88 Å². The van der Waals surface area contributed by atoms with E-state index in [9.17, 15) is 9.59 Å². The molecule has 1 aliphatic rings. The molecule has 0 atom stereocenters. The molecule has 2 amide bonds. The second kappa shape index (κ2) is 6.43. The molecule has 118 valence electrons. The SMILES string of the molecule is CC(=O)Nc1ccccc1C(=O)Nc1ccc(OC2CC2)nn1. The summed E-state index contributed by atoms with van der Waals surface area (Å²) in [6.07, 6.45) is 2.33. The first kappa shape index (κ1) is 15.0. The lowest BCUT2D eigenvalue weighted by molar-refractivity contribution is -0.114. The van der Waals surface area contributed by atoms with Gasteiger partial charge >= 0.3 is 0 Å². The lowest BCUT2D eigenvalue weighted by Crippen LogP contribution is -2.17. The van der Waals surface area contributed by atoms with Gasteiger partial charge in [-0.3, -0.25) is 9.59 Å². The highest BCUT2D eigenvalue weighted by Crippen LogP contribution is 2.25. The van der Waals surface area contributed by atoms with Gasteiger partial charge in [-0.25, -0.2) is 0 Å². The molecule has 0 spiro atoms. The predicted octanol–water partition coefficient (Wildman–Crippen LogP) is 2.23. The number of hydrogen-bond acceptors (Lipinski definition) is 5. The Kier molecular flexibility index (Phi) is 4.18. The third-order valence-corrected chi connectivity index (χ3v) is 3.18. The molecule has 1 heterocycles. The van der Waals surface area contributed by atoms with Crippen molar-refractivity contribution in [3.8, 4) is 5.88 Å². The number of aromatic nitrogens is 2. The largest absolute Gasteiger partial charge is 0.473 e. The van der Waals surface area contributed by atoms with E-state index >= 15 is 0 Å². The molecule has 23 heavy (non-hydrogen) atoms. The van der Waals surface area contributed by atoms with E-state index in [0.29, 0.717) is 22.9 Å². The van der Waals surface area contributed by atoms with Crippen LogP contribution in [0.3, 0.4) is 0 Å². The lowest BCUT2D eigenvalue weighted by Gasteiger charge is -2.10. The summed E-state index contributed by atoms with van der Waals surface area (Å²) in [6, 6.07) is 10.0. The molecule has 2 aromatic rings. The number of ether oxygens (including phenoxy) is 1. The lowest BCUT2D eigenvalue weighted by atomic mass is 10.1. The van der Waals surface area contributed by atoms with Crippen molar-refractivity contribution < 1.29 is 14.3 Å². The van der Waals surface area contributed by atoms with Crippen molar-refractivity contribution in [3.05, 3.63) is 42.0 Å². The molecule has 1 aromatic heterocycles. The zero-order valence-electron chi connectivity index (χ0n) is 12.6. The van der Waals surface area contributed by atoms with E-state index in [1.54, 1.807) is 36.4 Å². The van der Waals surface area contributed by atoms with E-state index in [4.69, 9.17) is 4.74 Å². The minimum atomic E-state index is -0.375. The van der Waals surface area contributed by atoms with Crippen molar-refractivity contribution in [2.45, 2.75) is 25.9 Å². The van der Waals surface area contributed by atoms with Crippen molar-refractivity contribution in [1.82, 2.24) is 10.2 Å². The van der Waals surface area contributed by atoms with Gasteiger partial charge < -0.3 is 15.4 Å². The molecule has 0 unspecified atom stereocenters. The van der Waals surface area contributed by atoms with E-state index < -0.39 is 0 Å². The van der Waals surface area contributed by atoms with Crippen LogP contribution in [0.15, 0.2) is 36.4 Å². The molecule has 1 fully saturated rings. The van der Waals surface area contributed by atoms with Crippen molar-refractivity contribution in [1.29, 1.82) is 0 Å². The first-order valence-electron chi connectivity index (χ1n) is 7.30. The Morgan fingerprint density at radius 2 is 1.87 bits per heavy atom. The van der Waals surface area contributed by atoms with Crippen LogP contribution >= 0.6 is 0 Å². The fraction of sp³-hybridized carbons (Fsp3) is 0.250. The van der Waals surface area contributed by atoms with Gasteiger partial charge in [-0.15, -0.1) is 10.2 Å². The summed E-state index contributed by atoms with van der Waals surface area (Å²) in [6.45, 7) is 1.39. The van der Waals surface area contributed by atoms with Crippen LogP contribution in [0.4, 0.5) is 11.5 Å². The second-order valence-electron chi connectivity index (χ2n) is 5.25. The summed E-state index contributed by atoms with van der Waals surface area (Å²) in [5, 5.41) is 13.1. The fourth-order valence-electron chi connectivity index (χ4n) is 1.97. The quantitative estimate of drug-likeness (QED) is 0.883. The van der Waals surface area contributed by atoms with Gasteiger partial charge in [-0.05, 0) is 31.0 Å². The highest BCUT2D eigenvalue weighted by atomic mass is 16.5.